The third kappa shape index (κ3) is 3.78. The lowest BCUT2D eigenvalue weighted by molar-refractivity contribution is 0.580. The van der Waals surface area contributed by atoms with Gasteiger partial charge in [0.25, 0.3) is 0 Å². The van der Waals surface area contributed by atoms with Gasteiger partial charge >= 0.3 is 0 Å². The van der Waals surface area contributed by atoms with Gasteiger partial charge in [-0.15, -0.1) is 0 Å². The van der Waals surface area contributed by atoms with E-state index >= 15 is 0 Å². The summed E-state index contributed by atoms with van der Waals surface area (Å²) < 4.78 is 0. The molecule has 17 heavy (non-hydrogen) atoms. The molecule has 0 radical (unpaired) electrons. The van der Waals surface area contributed by atoms with Crippen LogP contribution in [0, 0.1) is 6.92 Å². The second-order valence-electron chi connectivity index (χ2n) is 4.98. The molecule has 5 nitrogen and oxygen atoms in total. The monoisotopic (exact) mass is 235 g/mol. The van der Waals surface area contributed by atoms with Crippen molar-refractivity contribution in [3.63, 3.8) is 0 Å². The van der Waals surface area contributed by atoms with E-state index in [1.165, 1.54) is 0 Å². The molecule has 1 heterocycles. The lowest BCUT2D eigenvalue weighted by Gasteiger charge is -2.17. The molecular formula is C12H21N5. The second kappa shape index (κ2) is 5.23. The van der Waals surface area contributed by atoms with E-state index in [1.54, 1.807) is 0 Å². The highest BCUT2D eigenvalue weighted by molar-refractivity contribution is 5.99. The second-order valence-corrected chi connectivity index (χ2v) is 4.98. The summed E-state index contributed by atoms with van der Waals surface area (Å²) in [5.74, 6) is 6.22. The first-order chi connectivity index (χ1) is 7.87. The van der Waals surface area contributed by atoms with E-state index in [9.17, 15) is 0 Å². The number of amidine groups is 1. The van der Waals surface area contributed by atoms with E-state index in [2.05, 4.69) is 20.6 Å². The normalized spacial score (nSPS) is 12.7. The van der Waals surface area contributed by atoms with Crippen LogP contribution in [0.2, 0.25) is 0 Å². The van der Waals surface area contributed by atoms with Crippen molar-refractivity contribution in [1.29, 1.82) is 0 Å². The van der Waals surface area contributed by atoms with Crippen LogP contribution in [0.3, 0.4) is 0 Å². The molecule has 0 saturated heterocycles. The lowest BCUT2D eigenvalue weighted by atomic mass is 10.1. The number of aryl methyl sites for hydroxylation is 2. The summed E-state index contributed by atoms with van der Waals surface area (Å²) in [4.78, 5) is 4.56. The van der Waals surface area contributed by atoms with Crippen LogP contribution in [-0.4, -0.2) is 21.6 Å². The molecule has 0 bridgehead atoms. The van der Waals surface area contributed by atoms with Gasteiger partial charge in [0.05, 0.1) is 16.9 Å². The van der Waals surface area contributed by atoms with Gasteiger partial charge in [-0.25, -0.2) is 5.84 Å². The van der Waals surface area contributed by atoms with Gasteiger partial charge in [0, 0.05) is 5.56 Å². The molecule has 0 fully saturated rings. The summed E-state index contributed by atoms with van der Waals surface area (Å²) in [5, 5.41) is 8.22. The highest BCUT2D eigenvalue weighted by atomic mass is 15.3. The number of nitrogens with one attached hydrogen (secondary N) is 1. The van der Waals surface area contributed by atoms with E-state index in [0.717, 1.165) is 23.4 Å². The Bertz CT molecular complexity index is 417. The molecule has 0 aliphatic heterocycles. The third-order valence-electron chi connectivity index (χ3n) is 2.17. The van der Waals surface area contributed by atoms with Crippen LogP contribution in [-0.2, 0) is 6.42 Å². The predicted molar refractivity (Wildman–Crippen MR) is 69.8 cm³/mol. The quantitative estimate of drug-likeness (QED) is 0.351. The SMILES string of the molecule is CCc1nnc(C)cc1C(=NC(C)(C)C)NN. The van der Waals surface area contributed by atoms with Crippen molar-refractivity contribution in [2.45, 2.75) is 46.6 Å². The number of nitrogens with two attached hydrogens (primary N) is 1. The molecule has 0 saturated carbocycles. The molecule has 0 unspecified atom stereocenters. The maximum absolute atomic E-state index is 5.56. The number of aromatic nitrogens is 2. The molecule has 94 valence electrons. The third-order valence-corrected chi connectivity index (χ3v) is 2.17. The van der Waals surface area contributed by atoms with Gasteiger partial charge in [-0.2, -0.15) is 10.2 Å². The summed E-state index contributed by atoms with van der Waals surface area (Å²) in [6.07, 6.45) is 0.799. The molecule has 3 N–H and O–H groups in total. The fourth-order valence-electron chi connectivity index (χ4n) is 1.49. The van der Waals surface area contributed by atoms with Crippen molar-refractivity contribution in [2.75, 3.05) is 0 Å². The van der Waals surface area contributed by atoms with Crippen LogP contribution in [0.1, 0.15) is 44.6 Å². The minimum Gasteiger partial charge on any atom is -0.308 e. The minimum atomic E-state index is -0.191. The number of hydrazine groups is 1. The largest absolute Gasteiger partial charge is 0.308 e. The van der Waals surface area contributed by atoms with E-state index in [4.69, 9.17) is 5.84 Å². The zero-order valence-corrected chi connectivity index (χ0v) is 11.2. The van der Waals surface area contributed by atoms with Gasteiger partial charge in [-0.05, 0) is 40.2 Å². The fraction of sp³-hybridized carbons (Fsp3) is 0.583. The summed E-state index contributed by atoms with van der Waals surface area (Å²) in [6, 6.07) is 1.95. The molecule has 1 aromatic heterocycles. The smallest absolute Gasteiger partial charge is 0.145 e. The van der Waals surface area contributed by atoms with Crippen molar-refractivity contribution in [1.82, 2.24) is 15.6 Å². The van der Waals surface area contributed by atoms with Crippen LogP contribution >= 0.6 is 0 Å². The summed E-state index contributed by atoms with van der Waals surface area (Å²) in [5.41, 5.74) is 5.15. The number of hydrogen-bond donors (Lipinski definition) is 2. The Balaban J connectivity index is 3.29. The Morgan fingerprint density at radius 3 is 2.53 bits per heavy atom. The Morgan fingerprint density at radius 1 is 1.41 bits per heavy atom. The van der Waals surface area contributed by atoms with Gasteiger partial charge in [-0.1, -0.05) is 6.92 Å². The summed E-state index contributed by atoms with van der Waals surface area (Å²) >= 11 is 0. The lowest BCUT2D eigenvalue weighted by Crippen LogP contribution is -2.34. The maximum atomic E-state index is 5.56. The Labute approximate surface area is 103 Å². The Kier molecular flexibility index (Phi) is 4.17. The highest BCUT2D eigenvalue weighted by Crippen LogP contribution is 2.12. The molecular weight excluding hydrogens is 214 g/mol. The molecule has 0 aliphatic rings. The van der Waals surface area contributed by atoms with Crippen LogP contribution in [0.25, 0.3) is 0 Å². The number of aliphatic imine (C=N–C) groups is 1. The number of nitrogens with zero attached hydrogens (tertiary/aromatic N) is 3. The maximum Gasteiger partial charge on any atom is 0.145 e. The number of hydrogen-bond acceptors (Lipinski definition) is 4. The molecule has 0 aliphatic carbocycles. The molecule has 5 heteroatoms. The first kappa shape index (κ1) is 13.6. The van der Waals surface area contributed by atoms with Gasteiger partial charge in [0.2, 0.25) is 0 Å². The van der Waals surface area contributed by atoms with E-state index in [1.807, 2.05) is 40.7 Å². The van der Waals surface area contributed by atoms with Gasteiger partial charge in [0.1, 0.15) is 5.84 Å². The van der Waals surface area contributed by atoms with Crippen LogP contribution in [0.15, 0.2) is 11.1 Å². The summed E-state index contributed by atoms with van der Waals surface area (Å²) in [7, 11) is 0. The van der Waals surface area contributed by atoms with E-state index in [0.29, 0.717) is 5.84 Å². The topological polar surface area (TPSA) is 76.2 Å². The zero-order chi connectivity index (χ0) is 13.1. The van der Waals surface area contributed by atoms with Crippen LogP contribution in [0.5, 0.6) is 0 Å². The fourth-order valence-corrected chi connectivity index (χ4v) is 1.49. The highest BCUT2D eigenvalue weighted by Gasteiger charge is 2.14. The van der Waals surface area contributed by atoms with Crippen molar-refractivity contribution in [3.05, 3.63) is 23.0 Å². The van der Waals surface area contributed by atoms with Crippen molar-refractivity contribution >= 4 is 5.84 Å². The van der Waals surface area contributed by atoms with Crippen molar-refractivity contribution in [3.8, 4) is 0 Å². The molecule has 0 spiro atoms. The van der Waals surface area contributed by atoms with Gasteiger partial charge in [0.15, 0.2) is 0 Å². The van der Waals surface area contributed by atoms with Crippen LogP contribution < -0.4 is 11.3 Å². The van der Waals surface area contributed by atoms with Crippen molar-refractivity contribution < 1.29 is 0 Å². The standard InChI is InChI=1S/C12H21N5/c1-6-10-9(7-8(2)16-17-10)11(15-13)14-12(3,4)5/h7H,6,13H2,1-5H3,(H,14,15). The van der Waals surface area contributed by atoms with Gasteiger partial charge < -0.3 is 5.43 Å². The summed E-state index contributed by atoms with van der Waals surface area (Å²) in [6.45, 7) is 10.0. The Hall–Kier alpha value is -1.49. The van der Waals surface area contributed by atoms with Crippen LogP contribution in [0.4, 0.5) is 0 Å². The predicted octanol–water partition coefficient (Wildman–Crippen LogP) is 1.36. The van der Waals surface area contributed by atoms with Gasteiger partial charge in [-0.3, -0.25) is 4.99 Å². The van der Waals surface area contributed by atoms with E-state index < -0.39 is 0 Å². The zero-order valence-electron chi connectivity index (χ0n) is 11.2. The molecule has 0 amide bonds. The molecule has 0 aromatic carbocycles. The average molecular weight is 235 g/mol. The Morgan fingerprint density at radius 2 is 2.06 bits per heavy atom. The van der Waals surface area contributed by atoms with Crippen molar-refractivity contribution in [2.24, 2.45) is 10.8 Å². The molecule has 1 aromatic rings. The average Bonchev–Trinajstić information content (AvgIpc) is 2.24. The number of rotatable bonds is 2. The van der Waals surface area contributed by atoms with E-state index in [-0.39, 0.29) is 5.54 Å². The minimum absolute atomic E-state index is 0.191. The first-order valence-electron chi connectivity index (χ1n) is 5.77. The molecule has 0 atom stereocenters. The first-order valence-corrected chi connectivity index (χ1v) is 5.77. The molecule has 1 rings (SSSR count).